The smallest absolute Gasteiger partial charge is 0.319 e. The van der Waals surface area contributed by atoms with Crippen molar-refractivity contribution in [3.8, 4) is 5.75 Å². The third-order valence-corrected chi connectivity index (χ3v) is 5.49. The van der Waals surface area contributed by atoms with E-state index in [-0.39, 0.29) is 35.3 Å². The fourth-order valence-corrected chi connectivity index (χ4v) is 3.47. The van der Waals surface area contributed by atoms with Gasteiger partial charge in [0.2, 0.25) is 11.8 Å². The van der Waals surface area contributed by atoms with Crippen molar-refractivity contribution in [3.05, 3.63) is 58.7 Å². The molecule has 1 fully saturated rings. The molecule has 1 unspecified atom stereocenters. The molecule has 4 N–H and O–H groups in total. The number of amides is 4. The molecule has 8 nitrogen and oxygen atoms in total. The van der Waals surface area contributed by atoms with Gasteiger partial charge < -0.3 is 15.7 Å². The van der Waals surface area contributed by atoms with E-state index >= 15 is 0 Å². The van der Waals surface area contributed by atoms with Gasteiger partial charge in [0, 0.05) is 30.1 Å². The van der Waals surface area contributed by atoms with Crippen LogP contribution in [0, 0.1) is 12.8 Å². The number of phenolic OH excluding ortho intramolecular Hbond substituents is 1. The lowest BCUT2D eigenvalue weighted by molar-refractivity contribution is -0.135. The molecule has 4 amide bonds. The third-order valence-electron chi connectivity index (χ3n) is 5.49. The van der Waals surface area contributed by atoms with E-state index in [0.29, 0.717) is 30.6 Å². The van der Waals surface area contributed by atoms with E-state index in [1.807, 2.05) is 25.1 Å². The minimum atomic E-state index is -0.322. The summed E-state index contributed by atoms with van der Waals surface area (Å²) in [6.07, 6.45) is 2.98. The van der Waals surface area contributed by atoms with Crippen molar-refractivity contribution in [2.45, 2.75) is 59.9 Å². The van der Waals surface area contributed by atoms with Gasteiger partial charge >= 0.3 is 6.03 Å². The van der Waals surface area contributed by atoms with Crippen molar-refractivity contribution in [1.29, 1.82) is 0 Å². The molecule has 2 aromatic rings. The maximum Gasteiger partial charge on any atom is 0.319 e. The predicted octanol–water partition coefficient (Wildman–Crippen LogP) is 4.24. The molecule has 1 saturated heterocycles. The molecule has 182 valence electrons. The van der Waals surface area contributed by atoms with Gasteiger partial charge in [-0.3, -0.25) is 19.7 Å². The zero-order valence-electron chi connectivity index (χ0n) is 20.2. The summed E-state index contributed by atoms with van der Waals surface area (Å²) in [5.74, 6) is -0.00424. The summed E-state index contributed by atoms with van der Waals surface area (Å²) in [6, 6.07) is 10.2. The molecule has 0 bridgehead atoms. The highest BCUT2D eigenvalue weighted by Crippen LogP contribution is 2.20. The largest absolute Gasteiger partial charge is 0.508 e. The fraction of sp³-hybridized carbons (Fsp3) is 0.385. The summed E-state index contributed by atoms with van der Waals surface area (Å²) in [6.45, 7) is 7.60. The van der Waals surface area contributed by atoms with Gasteiger partial charge in [0.25, 0.3) is 0 Å². The molecular formula is C26H33N3O5. The lowest BCUT2D eigenvalue weighted by atomic mass is 9.98. The van der Waals surface area contributed by atoms with Gasteiger partial charge in [-0.25, -0.2) is 4.79 Å². The Hall–Kier alpha value is -3.68. The number of aryl methyl sites for hydroxylation is 2. The topological polar surface area (TPSA) is 125 Å². The van der Waals surface area contributed by atoms with Crippen molar-refractivity contribution < 1.29 is 24.3 Å². The van der Waals surface area contributed by atoms with E-state index in [0.717, 1.165) is 29.5 Å². The molecule has 8 heteroatoms. The number of aromatic hydroxyl groups is 1. The molecule has 1 aliphatic rings. The van der Waals surface area contributed by atoms with Gasteiger partial charge in [0.05, 0.1) is 0 Å². The van der Waals surface area contributed by atoms with E-state index in [4.69, 9.17) is 0 Å². The second kappa shape index (κ2) is 12.5. The maximum atomic E-state index is 12.0. The SMILES string of the molecule is CC1CCC(=O)NC1=O.CCCc1cc(CNC(=O)Nc2ccc(O)c(C)c2)ccc1C(C)=O. The van der Waals surface area contributed by atoms with Crippen molar-refractivity contribution in [1.82, 2.24) is 10.6 Å². The van der Waals surface area contributed by atoms with E-state index < -0.39 is 0 Å². The van der Waals surface area contributed by atoms with Gasteiger partial charge in [-0.15, -0.1) is 0 Å². The van der Waals surface area contributed by atoms with E-state index in [9.17, 15) is 24.3 Å². The van der Waals surface area contributed by atoms with Crippen LogP contribution in [0.4, 0.5) is 10.5 Å². The van der Waals surface area contributed by atoms with Gasteiger partial charge in [0.1, 0.15) is 5.75 Å². The number of ketones is 1. The summed E-state index contributed by atoms with van der Waals surface area (Å²) < 4.78 is 0. The molecule has 0 saturated carbocycles. The minimum absolute atomic E-state index is 0.0164. The lowest BCUT2D eigenvalue weighted by Crippen LogP contribution is -2.39. The number of carbonyl (C=O) groups excluding carboxylic acids is 4. The fourth-order valence-electron chi connectivity index (χ4n) is 3.47. The number of carbonyl (C=O) groups is 4. The van der Waals surface area contributed by atoms with Crippen LogP contribution < -0.4 is 16.0 Å². The number of rotatable bonds is 6. The summed E-state index contributed by atoms with van der Waals surface area (Å²) >= 11 is 0. The quantitative estimate of drug-likeness (QED) is 0.287. The van der Waals surface area contributed by atoms with Crippen LogP contribution in [0.25, 0.3) is 0 Å². The lowest BCUT2D eigenvalue weighted by Gasteiger charge is -2.15. The molecule has 1 heterocycles. The van der Waals surface area contributed by atoms with Crippen LogP contribution in [-0.2, 0) is 22.6 Å². The third kappa shape index (κ3) is 8.03. The normalized spacial score (nSPS) is 15.0. The Labute approximate surface area is 200 Å². The number of urea groups is 1. The number of piperidine rings is 1. The average Bonchev–Trinajstić information content (AvgIpc) is 2.78. The molecule has 0 spiro atoms. The summed E-state index contributed by atoms with van der Waals surface area (Å²) in [7, 11) is 0. The predicted molar refractivity (Wildman–Crippen MR) is 131 cm³/mol. The van der Waals surface area contributed by atoms with Crippen LogP contribution in [-0.4, -0.2) is 28.7 Å². The molecule has 1 atom stereocenters. The number of phenols is 1. The first-order valence-electron chi connectivity index (χ1n) is 11.4. The number of Topliss-reactive ketones (excluding diaryl/α,β-unsaturated/α-hetero) is 1. The number of nitrogens with one attached hydrogen (secondary N) is 3. The molecule has 0 aromatic heterocycles. The van der Waals surface area contributed by atoms with Crippen LogP contribution in [0.2, 0.25) is 0 Å². The van der Waals surface area contributed by atoms with Crippen LogP contribution in [0.15, 0.2) is 36.4 Å². The Kier molecular flexibility index (Phi) is 9.79. The van der Waals surface area contributed by atoms with Gasteiger partial charge in [-0.1, -0.05) is 38.5 Å². The van der Waals surface area contributed by atoms with Crippen molar-refractivity contribution >= 4 is 29.3 Å². The van der Waals surface area contributed by atoms with Crippen molar-refractivity contribution in [2.75, 3.05) is 5.32 Å². The van der Waals surface area contributed by atoms with E-state index in [1.54, 1.807) is 32.0 Å². The highest BCUT2D eigenvalue weighted by atomic mass is 16.3. The van der Waals surface area contributed by atoms with Crippen molar-refractivity contribution in [3.63, 3.8) is 0 Å². The average molecular weight is 468 g/mol. The maximum absolute atomic E-state index is 12.0. The van der Waals surface area contributed by atoms with Gasteiger partial charge in [0.15, 0.2) is 5.78 Å². The molecule has 3 rings (SSSR count). The van der Waals surface area contributed by atoms with Crippen LogP contribution in [0.1, 0.15) is 67.1 Å². The first-order chi connectivity index (χ1) is 16.1. The Morgan fingerprint density at radius 2 is 1.88 bits per heavy atom. The zero-order chi connectivity index (χ0) is 25.3. The highest BCUT2D eigenvalue weighted by Gasteiger charge is 2.21. The first kappa shape index (κ1) is 26.6. The highest BCUT2D eigenvalue weighted by molar-refractivity contribution is 5.98. The Bertz CT molecular complexity index is 1060. The Morgan fingerprint density at radius 1 is 1.15 bits per heavy atom. The second-order valence-electron chi connectivity index (χ2n) is 8.46. The second-order valence-corrected chi connectivity index (χ2v) is 8.46. The monoisotopic (exact) mass is 467 g/mol. The molecule has 2 aromatic carbocycles. The molecule has 0 radical (unpaired) electrons. The minimum Gasteiger partial charge on any atom is -0.508 e. The van der Waals surface area contributed by atoms with Crippen molar-refractivity contribution in [2.24, 2.45) is 5.92 Å². The first-order valence-corrected chi connectivity index (χ1v) is 11.4. The number of anilines is 1. The van der Waals surface area contributed by atoms with Crippen LogP contribution in [0.5, 0.6) is 5.75 Å². The summed E-state index contributed by atoms with van der Waals surface area (Å²) in [5, 5.41) is 17.3. The van der Waals surface area contributed by atoms with E-state index in [2.05, 4.69) is 22.9 Å². The molecule has 34 heavy (non-hydrogen) atoms. The zero-order valence-corrected chi connectivity index (χ0v) is 20.2. The Balaban J connectivity index is 0.000000379. The van der Waals surface area contributed by atoms with Gasteiger partial charge in [-0.05, 0) is 61.6 Å². The molecule has 0 aliphatic carbocycles. The summed E-state index contributed by atoms with van der Waals surface area (Å²) in [5.41, 5.74) is 4.03. The van der Waals surface area contributed by atoms with Crippen LogP contribution in [0.3, 0.4) is 0 Å². The number of imide groups is 1. The van der Waals surface area contributed by atoms with E-state index in [1.165, 1.54) is 0 Å². The Morgan fingerprint density at radius 3 is 2.47 bits per heavy atom. The number of hydrogen-bond acceptors (Lipinski definition) is 5. The number of hydrogen-bond donors (Lipinski definition) is 4. The van der Waals surface area contributed by atoms with Gasteiger partial charge in [-0.2, -0.15) is 0 Å². The van der Waals surface area contributed by atoms with Crippen LogP contribution >= 0.6 is 0 Å². The number of benzene rings is 2. The summed E-state index contributed by atoms with van der Waals surface area (Å²) in [4.78, 5) is 44.9. The standard InChI is InChI=1S/C20H24N2O3.C6H9NO2/c1-4-5-16-11-15(6-8-18(16)14(3)23)12-21-20(25)22-17-7-9-19(24)13(2)10-17;1-4-2-3-5(8)7-6(4)9/h6-11,24H,4-5,12H2,1-3H3,(H2,21,22,25);4H,2-3H2,1H3,(H,7,8,9). The molecule has 1 aliphatic heterocycles. The molecular weight excluding hydrogens is 434 g/mol.